The van der Waals surface area contributed by atoms with Crippen LogP contribution in [0.1, 0.15) is 11.1 Å². The van der Waals surface area contributed by atoms with E-state index in [1.807, 2.05) is 23.8 Å². The van der Waals surface area contributed by atoms with E-state index in [1.54, 1.807) is 48.5 Å². The maximum atomic E-state index is 12.7. The standard InChI is InChI=1S/C20H19NO4S2/c1-15-3-9-19(10-4-15)27(23,24)21(2)17-5-7-18(8-6-17)25-20(22)13-16-11-12-26-14-16/h3-12,14H,13H2,1-2H3. The van der Waals surface area contributed by atoms with Crippen molar-refractivity contribution in [3.05, 3.63) is 76.5 Å². The molecule has 0 spiro atoms. The van der Waals surface area contributed by atoms with Crippen molar-refractivity contribution in [1.29, 1.82) is 0 Å². The van der Waals surface area contributed by atoms with Gasteiger partial charge in [0, 0.05) is 7.05 Å². The van der Waals surface area contributed by atoms with Gasteiger partial charge in [-0.15, -0.1) is 0 Å². The summed E-state index contributed by atoms with van der Waals surface area (Å²) in [7, 11) is -2.16. The van der Waals surface area contributed by atoms with E-state index in [4.69, 9.17) is 4.74 Å². The van der Waals surface area contributed by atoms with Gasteiger partial charge in [-0.25, -0.2) is 8.42 Å². The third-order valence-corrected chi connectivity index (χ3v) is 6.57. The average molecular weight is 402 g/mol. The van der Waals surface area contributed by atoms with Crippen molar-refractivity contribution in [2.75, 3.05) is 11.4 Å². The Kier molecular flexibility index (Phi) is 5.62. The van der Waals surface area contributed by atoms with Gasteiger partial charge in [-0.1, -0.05) is 17.7 Å². The van der Waals surface area contributed by atoms with Crippen LogP contribution in [0, 0.1) is 6.92 Å². The molecule has 0 N–H and O–H groups in total. The maximum absolute atomic E-state index is 12.7. The molecule has 0 saturated carbocycles. The van der Waals surface area contributed by atoms with Crippen LogP contribution in [0.15, 0.2) is 70.3 Å². The Morgan fingerprint density at radius 2 is 1.70 bits per heavy atom. The van der Waals surface area contributed by atoms with Gasteiger partial charge < -0.3 is 4.74 Å². The molecule has 27 heavy (non-hydrogen) atoms. The number of aryl methyl sites for hydroxylation is 1. The highest BCUT2D eigenvalue weighted by Gasteiger charge is 2.21. The highest BCUT2D eigenvalue weighted by Crippen LogP contribution is 2.24. The topological polar surface area (TPSA) is 63.7 Å². The molecular weight excluding hydrogens is 382 g/mol. The summed E-state index contributed by atoms with van der Waals surface area (Å²) in [6, 6.07) is 15.0. The summed E-state index contributed by atoms with van der Waals surface area (Å²) in [4.78, 5) is 12.2. The summed E-state index contributed by atoms with van der Waals surface area (Å²) >= 11 is 1.52. The molecule has 0 aliphatic rings. The first-order chi connectivity index (χ1) is 12.9. The Morgan fingerprint density at radius 3 is 2.30 bits per heavy atom. The molecule has 0 amide bonds. The minimum Gasteiger partial charge on any atom is -0.426 e. The number of carbonyl (C=O) groups is 1. The molecule has 7 heteroatoms. The summed E-state index contributed by atoms with van der Waals surface area (Å²) in [5, 5.41) is 3.80. The second-order valence-electron chi connectivity index (χ2n) is 6.06. The Morgan fingerprint density at radius 1 is 1.04 bits per heavy atom. The third-order valence-electron chi connectivity index (χ3n) is 4.04. The molecule has 0 radical (unpaired) electrons. The van der Waals surface area contributed by atoms with E-state index in [-0.39, 0.29) is 17.3 Å². The lowest BCUT2D eigenvalue weighted by molar-refractivity contribution is -0.133. The zero-order valence-electron chi connectivity index (χ0n) is 15.0. The van der Waals surface area contributed by atoms with Crippen molar-refractivity contribution in [3.63, 3.8) is 0 Å². The monoisotopic (exact) mass is 401 g/mol. The van der Waals surface area contributed by atoms with E-state index < -0.39 is 10.0 Å². The van der Waals surface area contributed by atoms with Gasteiger partial charge in [-0.05, 0) is 65.7 Å². The number of hydrogen-bond acceptors (Lipinski definition) is 5. The van der Waals surface area contributed by atoms with Gasteiger partial charge in [-0.2, -0.15) is 11.3 Å². The molecule has 1 aromatic heterocycles. The number of sulfonamides is 1. The van der Waals surface area contributed by atoms with Crippen LogP contribution in [0.5, 0.6) is 5.75 Å². The highest BCUT2D eigenvalue weighted by atomic mass is 32.2. The molecule has 1 heterocycles. The van der Waals surface area contributed by atoms with Gasteiger partial charge in [0.15, 0.2) is 0 Å². The first-order valence-corrected chi connectivity index (χ1v) is 10.6. The number of esters is 1. The van der Waals surface area contributed by atoms with Crippen LogP contribution in [0.25, 0.3) is 0 Å². The predicted octanol–water partition coefficient (Wildman–Crippen LogP) is 4.03. The van der Waals surface area contributed by atoms with Crippen LogP contribution in [0.2, 0.25) is 0 Å². The lowest BCUT2D eigenvalue weighted by Crippen LogP contribution is -2.26. The molecule has 0 aliphatic carbocycles. The Labute approximate surface area is 162 Å². The SMILES string of the molecule is Cc1ccc(S(=O)(=O)N(C)c2ccc(OC(=O)Cc3ccsc3)cc2)cc1. The Hall–Kier alpha value is -2.64. The number of thiophene rings is 1. The zero-order valence-corrected chi connectivity index (χ0v) is 16.6. The quantitative estimate of drug-likeness (QED) is 0.462. The van der Waals surface area contributed by atoms with Crippen LogP contribution in [0.4, 0.5) is 5.69 Å². The van der Waals surface area contributed by atoms with Crippen molar-refractivity contribution >= 4 is 33.0 Å². The van der Waals surface area contributed by atoms with Crippen LogP contribution in [0.3, 0.4) is 0 Å². The molecule has 0 saturated heterocycles. The lowest BCUT2D eigenvalue weighted by Gasteiger charge is -2.20. The maximum Gasteiger partial charge on any atom is 0.315 e. The van der Waals surface area contributed by atoms with Crippen molar-refractivity contribution in [1.82, 2.24) is 0 Å². The number of ether oxygens (including phenoxy) is 1. The average Bonchev–Trinajstić information content (AvgIpc) is 3.15. The Balaban J connectivity index is 1.70. The first-order valence-electron chi connectivity index (χ1n) is 8.24. The molecule has 3 rings (SSSR count). The summed E-state index contributed by atoms with van der Waals surface area (Å²) in [5.41, 5.74) is 2.38. The van der Waals surface area contributed by atoms with E-state index in [1.165, 1.54) is 22.7 Å². The van der Waals surface area contributed by atoms with Crippen molar-refractivity contribution in [3.8, 4) is 5.75 Å². The zero-order chi connectivity index (χ0) is 19.4. The lowest BCUT2D eigenvalue weighted by atomic mass is 10.2. The van der Waals surface area contributed by atoms with E-state index in [0.29, 0.717) is 11.4 Å². The van der Waals surface area contributed by atoms with Crippen LogP contribution in [-0.2, 0) is 21.2 Å². The third kappa shape index (κ3) is 4.56. The summed E-state index contributed by atoms with van der Waals surface area (Å²) < 4.78 is 32.0. The molecule has 0 unspecified atom stereocenters. The summed E-state index contributed by atoms with van der Waals surface area (Å²) in [6.45, 7) is 1.90. The van der Waals surface area contributed by atoms with Crippen molar-refractivity contribution < 1.29 is 17.9 Å². The van der Waals surface area contributed by atoms with Gasteiger partial charge in [-0.3, -0.25) is 9.10 Å². The van der Waals surface area contributed by atoms with Gasteiger partial charge in [0.1, 0.15) is 5.75 Å². The molecular formula is C20H19NO4S2. The van der Waals surface area contributed by atoms with Crippen LogP contribution in [-0.4, -0.2) is 21.4 Å². The molecule has 5 nitrogen and oxygen atoms in total. The number of benzene rings is 2. The predicted molar refractivity (Wildman–Crippen MR) is 107 cm³/mol. The largest absolute Gasteiger partial charge is 0.426 e. The van der Waals surface area contributed by atoms with Crippen molar-refractivity contribution in [2.24, 2.45) is 0 Å². The number of carbonyl (C=O) groups excluding carboxylic acids is 1. The minimum atomic E-state index is -3.65. The normalized spacial score (nSPS) is 11.2. The number of nitrogens with zero attached hydrogens (tertiary/aromatic N) is 1. The fourth-order valence-corrected chi connectivity index (χ4v) is 4.32. The van der Waals surface area contributed by atoms with Crippen LogP contribution < -0.4 is 9.04 Å². The summed E-state index contributed by atoms with van der Waals surface area (Å²) in [5.74, 6) is 0.0156. The number of rotatable bonds is 6. The molecule has 140 valence electrons. The van der Waals surface area contributed by atoms with Crippen LogP contribution >= 0.6 is 11.3 Å². The summed E-state index contributed by atoms with van der Waals surface area (Å²) in [6.07, 6.45) is 0.201. The molecule has 0 fully saturated rings. The van der Waals surface area contributed by atoms with E-state index >= 15 is 0 Å². The number of anilines is 1. The van der Waals surface area contributed by atoms with E-state index in [2.05, 4.69) is 0 Å². The molecule has 0 aliphatic heterocycles. The Bertz CT molecular complexity index is 1010. The van der Waals surface area contributed by atoms with E-state index in [0.717, 1.165) is 11.1 Å². The van der Waals surface area contributed by atoms with Crippen molar-refractivity contribution in [2.45, 2.75) is 18.2 Å². The molecule has 2 aromatic carbocycles. The molecule has 0 atom stereocenters. The fourth-order valence-electron chi connectivity index (χ4n) is 2.46. The fraction of sp³-hybridized carbons (Fsp3) is 0.150. The minimum absolute atomic E-state index is 0.201. The molecule has 0 bridgehead atoms. The van der Waals surface area contributed by atoms with E-state index in [9.17, 15) is 13.2 Å². The van der Waals surface area contributed by atoms with Gasteiger partial charge >= 0.3 is 5.97 Å². The second kappa shape index (κ2) is 7.94. The first kappa shape index (κ1) is 19.1. The van der Waals surface area contributed by atoms with Gasteiger partial charge in [0.05, 0.1) is 17.0 Å². The highest BCUT2D eigenvalue weighted by molar-refractivity contribution is 7.92. The van der Waals surface area contributed by atoms with Gasteiger partial charge in [0.25, 0.3) is 10.0 Å². The number of hydrogen-bond donors (Lipinski definition) is 0. The smallest absolute Gasteiger partial charge is 0.315 e. The molecule has 3 aromatic rings. The van der Waals surface area contributed by atoms with Gasteiger partial charge in [0.2, 0.25) is 0 Å². The second-order valence-corrected chi connectivity index (χ2v) is 8.81.